The van der Waals surface area contributed by atoms with E-state index in [-0.39, 0.29) is 42.7 Å². The number of hydrogen-bond donors (Lipinski definition) is 1. The van der Waals surface area contributed by atoms with Gasteiger partial charge in [0.2, 0.25) is 0 Å². The lowest BCUT2D eigenvalue weighted by atomic mass is 10.1. The van der Waals surface area contributed by atoms with Crippen LogP contribution in [0.5, 0.6) is 11.5 Å². The fraction of sp³-hybridized carbons (Fsp3) is 0.667. The molecule has 0 heterocycles. The molecule has 11 heteroatoms. The summed E-state index contributed by atoms with van der Waals surface area (Å²) in [6.45, 7) is 13.0. The number of hydrogen-bond acceptors (Lipinski definition) is 11. The van der Waals surface area contributed by atoms with Crippen LogP contribution in [0.25, 0.3) is 0 Å². The summed E-state index contributed by atoms with van der Waals surface area (Å²) in [5.74, 6) is -0.835. The van der Waals surface area contributed by atoms with Gasteiger partial charge < -0.3 is 34.2 Å². The van der Waals surface area contributed by atoms with Gasteiger partial charge in [-0.15, -0.1) is 0 Å². The van der Waals surface area contributed by atoms with Gasteiger partial charge >= 0.3 is 24.2 Å². The second kappa shape index (κ2) is 18.9. The van der Waals surface area contributed by atoms with E-state index in [0.29, 0.717) is 37.2 Å². The molecule has 1 aromatic rings. The molecule has 11 nitrogen and oxygen atoms in total. The summed E-state index contributed by atoms with van der Waals surface area (Å²) in [6, 6.07) is 3.35. The molecule has 41 heavy (non-hydrogen) atoms. The second-order valence-corrected chi connectivity index (χ2v) is 10.6. The molecule has 0 spiro atoms. The van der Waals surface area contributed by atoms with Crippen molar-refractivity contribution < 1.29 is 47.6 Å². The summed E-state index contributed by atoms with van der Waals surface area (Å²) in [5.41, 5.74) is 6.57. The van der Waals surface area contributed by atoms with Crippen molar-refractivity contribution in [2.24, 2.45) is 11.7 Å². The van der Waals surface area contributed by atoms with Gasteiger partial charge in [-0.2, -0.15) is 0 Å². The molecule has 0 amide bonds. The minimum absolute atomic E-state index is 0.0234. The number of benzene rings is 1. The normalized spacial score (nSPS) is 13.9. The third-order valence-corrected chi connectivity index (χ3v) is 5.86. The van der Waals surface area contributed by atoms with Crippen molar-refractivity contribution in [3.8, 4) is 11.5 Å². The van der Waals surface area contributed by atoms with Crippen molar-refractivity contribution >= 4 is 24.2 Å². The topological polar surface area (TPSA) is 150 Å². The highest BCUT2D eigenvalue weighted by Crippen LogP contribution is 2.30. The average molecular weight is 582 g/mol. The molecule has 0 aliphatic rings. The Morgan fingerprint density at radius 2 is 1.32 bits per heavy atom. The average Bonchev–Trinajstić information content (AvgIpc) is 2.87. The molecule has 2 unspecified atom stereocenters. The fourth-order valence-electron chi connectivity index (χ4n) is 3.68. The van der Waals surface area contributed by atoms with Crippen LogP contribution in [-0.4, -0.2) is 55.2 Å². The molecule has 0 aliphatic carbocycles. The zero-order chi connectivity index (χ0) is 30.9. The predicted molar refractivity (Wildman–Crippen MR) is 152 cm³/mol. The molecule has 232 valence electrons. The van der Waals surface area contributed by atoms with E-state index in [1.165, 1.54) is 12.1 Å². The minimum Gasteiger partial charge on any atom is -0.462 e. The van der Waals surface area contributed by atoms with Gasteiger partial charge in [-0.1, -0.05) is 46.6 Å². The molecule has 1 aromatic carbocycles. The first-order chi connectivity index (χ1) is 19.3. The monoisotopic (exact) mass is 581 g/mol. The molecule has 0 saturated heterocycles. The van der Waals surface area contributed by atoms with Crippen LogP contribution in [0.3, 0.4) is 0 Å². The predicted octanol–water partition coefficient (Wildman–Crippen LogP) is 5.88. The van der Waals surface area contributed by atoms with E-state index >= 15 is 0 Å². The van der Waals surface area contributed by atoms with E-state index in [9.17, 15) is 19.2 Å². The lowest BCUT2D eigenvalue weighted by molar-refractivity contribution is -0.159. The van der Waals surface area contributed by atoms with Gasteiger partial charge in [-0.05, 0) is 70.1 Å². The SMILES string of the molecule is CCCC(C)OC(=O)Oc1ccc(C[C@H](N)C(=O)O[C@@H](C)COC(=O)CCC(C)C)cc1OC(=O)OC(C)CCC. The maximum Gasteiger partial charge on any atom is 0.514 e. The molecule has 1 rings (SSSR count). The molecular weight excluding hydrogens is 534 g/mol. The summed E-state index contributed by atoms with van der Waals surface area (Å²) < 4.78 is 31.6. The zero-order valence-corrected chi connectivity index (χ0v) is 25.4. The Balaban J connectivity index is 2.89. The minimum atomic E-state index is -1.06. The molecule has 0 bridgehead atoms. The second-order valence-electron chi connectivity index (χ2n) is 10.6. The van der Waals surface area contributed by atoms with Crippen LogP contribution in [0.15, 0.2) is 18.2 Å². The van der Waals surface area contributed by atoms with Crippen molar-refractivity contribution in [2.45, 2.75) is 118 Å². The lowest BCUT2D eigenvalue weighted by Crippen LogP contribution is -2.37. The summed E-state index contributed by atoms with van der Waals surface area (Å²) in [5, 5.41) is 0. The van der Waals surface area contributed by atoms with Gasteiger partial charge in [0.05, 0.1) is 0 Å². The van der Waals surface area contributed by atoms with E-state index in [1.807, 2.05) is 27.7 Å². The third kappa shape index (κ3) is 15.3. The van der Waals surface area contributed by atoms with Crippen LogP contribution in [-0.2, 0) is 35.0 Å². The number of nitrogens with two attached hydrogens (primary N) is 1. The molecule has 0 fully saturated rings. The molecule has 4 atom stereocenters. The molecule has 0 saturated carbocycles. The highest BCUT2D eigenvalue weighted by molar-refractivity contribution is 5.76. The van der Waals surface area contributed by atoms with E-state index in [1.54, 1.807) is 26.8 Å². The zero-order valence-electron chi connectivity index (χ0n) is 25.4. The van der Waals surface area contributed by atoms with Gasteiger partial charge in [0.25, 0.3) is 0 Å². The number of rotatable bonds is 17. The van der Waals surface area contributed by atoms with Crippen molar-refractivity contribution in [1.29, 1.82) is 0 Å². The maximum absolute atomic E-state index is 12.6. The first-order valence-electron chi connectivity index (χ1n) is 14.4. The Bertz CT molecular complexity index is 980. The van der Waals surface area contributed by atoms with Crippen molar-refractivity contribution in [3.63, 3.8) is 0 Å². The van der Waals surface area contributed by atoms with Crippen LogP contribution in [0.1, 0.15) is 92.6 Å². The number of carbonyl (C=O) groups excluding carboxylic acids is 4. The fourth-order valence-corrected chi connectivity index (χ4v) is 3.68. The smallest absolute Gasteiger partial charge is 0.462 e. The van der Waals surface area contributed by atoms with Crippen molar-refractivity contribution in [2.75, 3.05) is 6.61 Å². The van der Waals surface area contributed by atoms with Crippen LogP contribution in [0.2, 0.25) is 0 Å². The Hall–Kier alpha value is -3.34. The van der Waals surface area contributed by atoms with Gasteiger partial charge in [-0.25, -0.2) is 9.59 Å². The molecule has 2 N–H and O–H groups in total. The Kier molecular flexibility index (Phi) is 16.5. The van der Waals surface area contributed by atoms with Gasteiger partial charge in [-0.3, -0.25) is 9.59 Å². The van der Waals surface area contributed by atoms with Crippen LogP contribution in [0, 0.1) is 5.92 Å². The maximum atomic E-state index is 12.6. The summed E-state index contributed by atoms with van der Waals surface area (Å²) >= 11 is 0. The van der Waals surface area contributed by atoms with Gasteiger partial charge in [0.1, 0.15) is 31.0 Å². The highest BCUT2D eigenvalue weighted by Gasteiger charge is 2.23. The third-order valence-electron chi connectivity index (χ3n) is 5.86. The summed E-state index contributed by atoms with van der Waals surface area (Å²) in [6.07, 6.45) is 0.630. The number of carbonyl (C=O) groups is 4. The van der Waals surface area contributed by atoms with E-state index < -0.39 is 30.4 Å². The van der Waals surface area contributed by atoms with Crippen LogP contribution < -0.4 is 15.2 Å². The largest absolute Gasteiger partial charge is 0.514 e. The van der Waals surface area contributed by atoms with E-state index in [2.05, 4.69) is 0 Å². The number of esters is 2. The summed E-state index contributed by atoms with van der Waals surface area (Å²) in [7, 11) is 0. The standard InChI is InChI=1S/C30H47NO10/c1-8-10-20(5)38-29(34)40-25-14-13-23(17-26(25)41-30(35)39-21(6)11-9-2)16-24(31)28(33)37-22(7)18-36-27(32)15-12-19(3)4/h13-14,17,19-22,24H,8-12,15-16,18,31H2,1-7H3/t20?,21?,22-,24-/m0/s1. The van der Waals surface area contributed by atoms with Gasteiger partial charge in [0, 0.05) is 6.42 Å². The van der Waals surface area contributed by atoms with Gasteiger partial charge in [0.15, 0.2) is 11.5 Å². The Morgan fingerprint density at radius 1 is 0.756 bits per heavy atom. The number of ether oxygens (including phenoxy) is 6. The van der Waals surface area contributed by atoms with Crippen molar-refractivity contribution in [1.82, 2.24) is 0 Å². The molecular formula is C30H47NO10. The Labute approximate surface area is 243 Å². The van der Waals surface area contributed by atoms with E-state index in [4.69, 9.17) is 34.2 Å². The molecule has 0 aromatic heterocycles. The van der Waals surface area contributed by atoms with E-state index in [0.717, 1.165) is 12.8 Å². The van der Waals surface area contributed by atoms with Crippen LogP contribution in [0.4, 0.5) is 9.59 Å². The quantitative estimate of drug-likeness (QED) is 0.133. The molecule has 0 aliphatic heterocycles. The first kappa shape index (κ1) is 35.7. The molecule has 0 radical (unpaired) electrons. The Morgan fingerprint density at radius 3 is 1.85 bits per heavy atom. The highest BCUT2D eigenvalue weighted by atomic mass is 16.7. The van der Waals surface area contributed by atoms with Crippen LogP contribution >= 0.6 is 0 Å². The summed E-state index contributed by atoms with van der Waals surface area (Å²) in [4.78, 5) is 49.1. The van der Waals surface area contributed by atoms with Crippen molar-refractivity contribution in [3.05, 3.63) is 23.8 Å². The lowest BCUT2D eigenvalue weighted by Gasteiger charge is -2.18. The first-order valence-corrected chi connectivity index (χ1v) is 14.4.